The van der Waals surface area contributed by atoms with E-state index < -0.39 is 0 Å². The molecule has 3 aromatic heterocycles. The highest BCUT2D eigenvalue weighted by Crippen LogP contribution is 2.26. The van der Waals surface area contributed by atoms with Crippen LogP contribution in [0.4, 0.5) is 0 Å². The highest BCUT2D eigenvalue weighted by atomic mass is 16.1. The molecule has 0 unspecified atom stereocenters. The van der Waals surface area contributed by atoms with E-state index in [1.165, 1.54) is 0 Å². The molecule has 0 bridgehead atoms. The van der Waals surface area contributed by atoms with E-state index in [0.717, 1.165) is 39.2 Å². The van der Waals surface area contributed by atoms with Gasteiger partial charge in [-0.3, -0.25) is 4.79 Å². The van der Waals surface area contributed by atoms with Gasteiger partial charge in [0.1, 0.15) is 5.69 Å². The van der Waals surface area contributed by atoms with Crippen LogP contribution in [0.25, 0.3) is 28.0 Å². The Labute approximate surface area is 157 Å². The first-order valence-electron chi connectivity index (χ1n) is 8.99. The Morgan fingerprint density at radius 3 is 2.67 bits per heavy atom. The van der Waals surface area contributed by atoms with E-state index in [0.29, 0.717) is 12.1 Å². The van der Waals surface area contributed by atoms with Crippen LogP contribution in [0.2, 0.25) is 0 Å². The summed E-state index contributed by atoms with van der Waals surface area (Å²) in [4.78, 5) is 21.3. The van der Waals surface area contributed by atoms with Crippen LogP contribution >= 0.6 is 0 Å². The normalized spacial score (nSPS) is 11.1. The number of rotatable bonds is 4. The van der Waals surface area contributed by atoms with Gasteiger partial charge in [0.05, 0.1) is 17.4 Å². The third kappa shape index (κ3) is 3.24. The van der Waals surface area contributed by atoms with Gasteiger partial charge in [0, 0.05) is 23.1 Å². The maximum Gasteiger partial charge on any atom is 0.180 e. The highest BCUT2D eigenvalue weighted by molar-refractivity contribution is 5.95. The smallest absolute Gasteiger partial charge is 0.180 e. The molecule has 0 amide bonds. The van der Waals surface area contributed by atoms with Crippen LogP contribution in [0.15, 0.2) is 54.7 Å². The van der Waals surface area contributed by atoms with Crippen LogP contribution in [0, 0.1) is 13.8 Å². The number of Topliss-reactive ketones (excluding diaryl/α,β-unsaturated/α-hetero) is 1. The number of carbonyl (C=O) groups is 1. The lowest BCUT2D eigenvalue weighted by atomic mass is 10.1. The molecule has 0 fully saturated rings. The van der Waals surface area contributed by atoms with E-state index in [9.17, 15) is 4.79 Å². The van der Waals surface area contributed by atoms with Gasteiger partial charge in [-0.1, -0.05) is 25.1 Å². The lowest BCUT2D eigenvalue weighted by Crippen LogP contribution is -2.02. The summed E-state index contributed by atoms with van der Waals surface area (Å²) in [7, 11) is 0. The predicted octanol–water partition coefficient (Wildman–Crippen LogP) is 4.69. The summed E-state index contributed by atoms with van der Waals surface area (Å²) in [6, 6.07) is 15.8. The zero-order valence-corrected chi connectivity index (χ0v) is 15.6. The maximum atomic E-state index is 12.1. The van der Waals surface area contributed by atoms with E-state index in [4.69, 9.17) is 0 Å². The van der Waals surface area contributed by atoms with Crippen molar-refractivity contribution >= 4 is 16.7 Å². The van der Waals surface area contributed by atoms with Crippen LogP contribution in [-0.2, 0) is 0 Å². The molecule has 0 spiro atoms. The molecule has 27 heavy (non-hydrogen) atoms. The predicted molar refractivity (Wildman–Crippen MR) is 106 cm³/mol. The van der Waals surface area contributed by atoms with E-state index in [2.05, 4.69) is 15.1 Å². The standard InChI is InChI=1S/C22H20N4O/c1-4-21(27)19-11-14(2)10-18(25-19)16-8-9-17-13-23-26(20(17)12-16)22-7-5-6-15(3)24-22/h5-13H,4H2,1-3H3. The number of hydrogen-bond acceptors (Lipinski definition) is 4. The van der Waals surface area contributed by atoms with E-state index in [1.54, 1.807) is 0 Å². The third-order valence-corrected chi connectivity index (χ3v) is 4.53. The molecule has 0 aliphatic heterocycles. The van der Waals surface area contributed by atoms with Gasteiger partial charge in [-0.2, -0.15) is 5.10 Å². The molecule has 1 aromatic carbocycles. The average Bonchev–Trinajstić information content (AvgIpc) is 3.10. The number of fused-ring (bicyclic) bond motifs is 1. The second kappa shape index (κ2) is 6.76. The summed E-state index contributed by atoms with van der Waals surface area (Å²) in [5.74, 6) is 0.830. The Morgan fingerprint density at radius 2 is 1.89 bits per heavy atom. The molecule has 0 aliphatic carbocycles. The van der Waals surface area contributed by atoms with Crippen LogP contribution in [-0.4, -0.2) is 25.5 Å². The zero-order valence-electron chi connectivity index (χ0n) is 15.6. The molecule has 5 heteroatoms. The SMILES string of the molecule is CCC(=O)c1cc(C)cc(-c2ccc3cnn(-c4cccc(C)n4)c3c2)n1. The largest absolute Gasteiger partial charge is 0.292 e. The van der Waals surface area contributed by atoms with Crippen LogP contribution in [0.5, 0.6) is 0 Å². The van der Waals surface area contributed by atoms with Gasteiger partial charge in [-0.05, 0) is 49.7 Å². The molecule has 0 saturated heterocycles. The number of carbonyl (C=O) groups excluding carboxylic acids is 1. The van der Waals surface area contributed by atoms with Gasteiger partial charge in [-0.25, -0.2) is 14.6 Å². The summed E-state index contributed by atoms with van der Waals surface area (Å²) in [6.45, 7) is 5.80. The molecule has 4 rings (SSSR count). The molecule has 4 aromatic rings. The average molecular weight is 356 g/mol. The molecule has 0 saturated carbocycles. The molecular formula is C22H20N4O. The fraction of sp³-hybridized carbons (Fsp3) is 0.182. The zero-order chi connectivity index (χ0) is 19.0. The highest BCUT2D eigenvalue weighted by Gasteiger charge is 2.12. The number of benzene rings is 1. The monoisotopic (exact) mass is 356 g/mol. The number of aryl methyl sites for hydroxylation is 2. The van der Waals surface area contributed by atoms with Crippen molar-refractivity contribution in [1.82, 2.24) is 19.7 Å². The first-order chi connectivity index (χ1) is 13.0. The summed E-state index contributed by atoms with van der Waals surface area (Å²) in [6.07, 6.45) is 2.28. The van der Waals surface area contributed by atoms with Crippen LogP contribution in [0.3, 0.4) is 0 Å². The Bertz CT molecular complexity index is 1160. The Morgan fingerprint density at radius 1 is 1.04 bits per heavy atom. The molecule has 0 aliphatic rings. The van der Waals surface area contributed by atoms with Gasteiger partial charge >= 0.3 is 0 Å². The molecule has 0 radical (unpaired) electrons. The van der Waals surface area contributed by atoms with Crippen LogP contribution in [0.1, 0.15) is 35.1 Å². The number of ketones is 1. The minimum absolute atomic E-state index is 0.0510. The van der Waals surface area contributed by atoms with Crippen molar-refractivity contribution in [3.05, 3.63) is 71.7 Å². The quantitative estimate of drug-likeness (QED) is 0.498. The molecular weight excluding hydrogens is 336 g/mol. The Kier molecular flexibility index (Phi) is 4.28. The van der Waals surface area contributed by atoms with E-state index in [-0.39, 0.29) is 5.78 Å². The number of hydrogen-bond donors (Lipinski definition) is 0. The molecule has 5 nitrogen and oxygen atoms in total. The van der Waals surface area contributed by atoms with Gasteiger partial charge < -0.3 is 0 Å². The lowest BCUT2D eigenvalue weighted by Gasteiger charge is -2.08. The minimum atomic E-state index is 0.0510. The fourth-order valence-corrected chi connectivity index (χ4v) is 3.15. The van der Waals surface area contributed by atoms with Crippen LogP contribution < -0.4 is 0 Å². The number of pyridine rings is 2. The van der Waals surface area contributed by atoms with Crippen molar-refractivity contribution in [2.75, 3.05) is 0 Å². The summed E-state index contributed by atoms with van der Waals surface area (Å²) >= 11 is 0. The summed E-state index contributed by atoms with van der Waals surface area (Å²) in [5.41, 5.74) is 5.17. The van der Waals surface area contributed by atoms with E-state index in [1.807, 2.05) is 80.2 Å². The first-order valence-corrected chi connectivity index (χ1v) is 8.99. The molecule has 0 N–H and O–H groups in total. The van der Waals surface area contributed by atoms with Gasteiger partial charge in [0.15, 0.2) is 11.6 Å². The van der Waals surface area contributed by atoms with Crippen molar-refractivity contribution in [2.45, 2.75) is 27.2 Å². The Hall–Kier alpha value is -3.34. The fourth-order valence-electron chi connectivity index (χ4n) is 3.15. The lowest BCUT2D eigenvalue weighted by molar-refractivity contribution is 0.0983. The van der Waals surface area contributed by atoms with Gasteiger partial charge in [0.25, 0.3) is 0 Å². The van der Waals surface area contributed by atoms with Crippen molar-refractivity contribution < 1.29 is 4.79 Å². The Balaban J connectivity index is 1.86. The second-order valence-electron chi connectivity index (χ2n) is 6.66. The molecule has 134 valence electrons. The summed E-state index contributed by atoms with van der Waals surface area (Å²) in [5, 5.41) is 5.53. The maximum absolute atomic E-state index is 12.1. The van der Waals surface area contributed by atoms with Crippen molar-refractivity contribution in [3.63, 3.8) is 0 Å². The second-order valence-corrected chi connectivity index (χ2v) is 6.66. The number of aromatic nitrogens is 4. The minimum Gasteiger partial charge on any atom is -0.292 e. The number of nitrogens with zero attached hydrogens (tertiary/aromatic N) is 4. The van der Waals surface area contributed by atoms with Crippen molar-refractivity contribution in [2.24, 2.45) is 0 Å². The van der Waals surface area contributed by atoms with E-state index >= 15 is 0 Å². The third-order valence-electron chi connectivity index (χ3n) is 4.53. The molecule has 0 atom stereocenters. The summed E-state index contributed by atoms with van der Waals surface area (Å²) < 4.78 is 1.83. The topological polar surface area (TPSA) is 60.7 Å². The van der Waals surface area contributed by atoms with Crippen molar-refractivity contribution in [1.29, 1.82) is 0 Å². The van der Waals surface area contributed by atoms with Gasteiger partial charge in [-0.15, -0.1) is 0 Å². The van der Waals surface area contributed by atoms with Gasteiger partial charge in [0.2, 0.25) is 0 Å². The van der Waals surface area contributed by atoms with Crippen molar-refractivity contribution in [3.8, 4) is 17.1 Å². The molecule has 3 heterocycles. The first kappa shape index (κ1) is 17.1.